The lowest BCUT2D eigenvalue weighted by Crippen LogP contribution is -2.00. The van der Waals surface area contributed by atoms with Crippen LogP contribution in [0.15, 0.2) is 10.1 Å². The zero-order chi connectivity index (χ0) is 6.41. The molecule has 0 aromatic carbocycles. The molecule has 0 unspecified atom stereocenters. The van der Waals surface area contributed by atoms with Crippen molar-refractivity contribution in [3.8, 4) is 0 Å². The van der Waals surface area contributed by atoms with E-state index in [9.17, 15) is 0 Å². The number of amidine groups is 1. The van der Waals surface area contributed by atoms with Crippen LogP contribution in [-0.2, 0) is 4.84 Å². The van der Waals surface area contributed by atoms with Gasteiger partial charge in [-0.2, -0.15) is 0 Å². The SMILES string of the molecule is C=N/C(C)=N\OCN. The molecule has 0 aromatic heterocycles. The second-order valence-corrected chi connectivity index (χ2v) is 1.09. The second kappa shape index (κ2) is 4.26. The molecule has 0 rings (SSSR count). The van der Waals surface area contributed by atoms with Gasteiger partial charge in [-0.3, -0.25) is 5.73 Å². The average Bonchev–Trinajstić information content (AvgIpc) is 1.83. The summed E-state index contributed by atoms with van der Waals surface area (Å²) in [6.45, 7) is 4.96. The molecule has 46 valence electrons. The van der Waals surface area contributed by atoms with Crippen molar-refractivity contribution >= 4 is 12.6 Å². The molecule has 4 heteroatoms. The van der Waals surface area contributed by atoms with E-state index in [2.05, 4.69) is 21.7 Å². The van der Waals surface area contributed by atoms with Crippen molar-refractivity contribution < 1.29 is 4.84 Å². The summed E-state index contributed by atoms with van der Waals surface area (Å²) in [7, 11) is 0. The van der Waals surface area contributed by atoms with Gasteiger partial charge in [-0.25, -0.2) is 4.99 Å². The standard InChI is InChI=1S/C4H9N3O/c1-4(6-2)7-8-3-5/h2-3,5H2,1H3/b7-4-. The summed E-state index contributed by atoms with van der Waals surface area (Å²) in [5.74, 6) is 0.482. The Bertz CT molecular complexity index is 99.5. The third kappa shape index (κ3) is 3.30. The molecule has 0 heterocycles. The first-order valence-electron chi connectivity index (χ1n) is 2.14. The van der Waals surface area contributed by atoms with Crippen molar-refractivity contribution in [3.63, 3.8) is 0 Å². The molecule has 0 radical (unpaired) electrons. The van der Waals surface area contributed by atoms with Crippen LogP contribution in [0.2, 0.25) is 0 Å². The Morgan fingerprint density at radius 1 is 1.88 bits per heavy atom. The lowest BCUT2D eigenvalue weighted by molar-refractivity contribution is 0.151. The molecule has 0 amide bonds. The maximum Gasteiger partial charge on any atom is 0.166 e. The quantitative estimate of drug-likeness (QED) is 0.237. The number of oxime groups is 1. The van der Waals surface area contributed by atoms with Crippen LogP contribution >= 0.6 is 0 Å². The Kier molecular flexibility index (Phi) is 3.78. The molecule has 0 fully saturated rings. The van der Waals surface area contributed by atoms with Crippen molar-refractivity contribution in [2.75, 3.05) is 6.73 Å². The fraction of sp³-hybridized carbons (Fsp3) is 0.500. The van der Waals surface area contributed by atoms with Gasteiger partial charge in [-0.1, -0.05) is 5.16 Å². The van der Waals surface area contributed by atoms with Crippen LogP contribution in [0.3, 0.4) is 0 Å². The maximum absolute atomic E-state index is 4.94. The fourth-order valence-corrected chi connectivity index (χ4v) is 0.160. The van der Waals surface area contributed by atoms with Crippen LogP contribution in [0.25, 0.3) is 0 Å². The van der Waals surface area contributed by atoms with Gasteiger partial charge in [0.15, 0.2) is 12.6 Å². The van der Waals surface area contributed by atoms with Crippen molar-refractivity contribution in [2.24, 2.45) is 15.9 Å². The Morgan fingerprint density at radius 3 is 2.88 bits per heavy atom. The summed E-state index contributed by atoms with van der Waals surface area (Å²) in [6.07, 6.45) is 0. The first-order valence-corrected chi connectivity index (χ1v) is 2.14. The molecule has 8 heavy (non-hydrogen) atoms. The van der Waals surface area contributed by atoms with Crippen molar-refractivity contribution in [3.05, 3.63) is 0 Å². The molecule has 0 atom stereocenters. The molecule has 2 N–H and O–H groups in total. The van der Waals surface area contributed by atoms with Gasteiger partial charge in [-0.05, 0) is 13.6 Å². The normalized spacial score (nSPS) is 11.0. The zero-order valence-corrected chi connectivity index (χ0v) is 4.79. The van der Waals surface area contributed by atoms with Gasteiger partial charge in [0.05, 0.1) is 0 Å². The van der Waals surface area contributed by atoms with Gasteiger partial charge in [-0.15, -0.1) is 0 Å². The number of hydrogen-bond acceptors (Lipinski definition) is 3. The highest BCUT2D eigenvalue weighted by molar-refractivity contribution is 5.83. The summed E-state index contributed by atoms with van der Waals surface area (Å²) >= 11 is 0. The van der Waals surface area contributed by atoms with Gasteiger partial charge < -0.3 is 4.84 Å². The molecule has 0 spiro atoms. The smallest absolute Gasteiger partial charge is 0.166 e. The van der Waals surface area contributed by atoms with E-state index < -0.39 is 0 Å². The van der Waals surface area contributed by atoms with Gasteiger partial charge in [0, 0.05) is 0 Å². The third-order valence-corrected chi connectivity index (χ3v) is 0.500. The van der Waals surface area contributed by atoms with Gasteiger partial charge in [0.2, 0.25) is 0 Å². The van der Waals surface area contributed by atoms with Crippen molar-refractivity contribution in [1.82, 2.24) is 0 Å². The van der Waals surface area contributed by atoms with Crippen LogP contribution < -0.4 is 5.73 Å². The zero-order valence-electron chi connectivity index (χ0n) is 4.79. The average molecular weight is 115 g/mol. The highest BCUT2D eigenvalue weighted by Crippen LogP contribution is 1.76. The molecule has 4 nitrogen and oxygen atoms in total. The summed E-state index contributed by atoms with van der Waals surface area (Å²) in [5.41, 5.74) is 4.94. The van der Waals surface area contributed by atoms with Crippen LogP contribution in [0.4, 0.5) is 0 Å². The number of nitrogens with zero attached hydrogens (tertiary/aromatic N) is 2. The molecule has 0 aliphatic rings. The predicted octanol–water partition coefficient (Wildman–Crippen LogP) is -0.0468. The van der Waals surface area contributed by atoms with E-state index in [-0.39, 0.29) is 6.73 Å². The Labute approximate surface area is 48.0 Å². The monoisotopic (exact) mass is 115 g/mol. The van der Waals surface area contributed by atoms with Crippen LogP contribution in [-0.4, -0.2) is 19.3 Å². The minimum absolute atomic E-state index is 0.0762. The van der Waals surface area contributed by atoms with Gasteiger partial charge in [0.25, 0.3) is 0 Å². The molecular weight excluding hydrogens is 106 g/mol. The molecule has 0 aliphatic heterocycles. The van der Waals surface area contributed by atoms with E-state index in [1.165, 1.54) is 0 Å². The largest absolute Gasteiger partial charge is 0.379 e. The molecular formula is C4H9N3O. The molecule has 0 bridgehead atoms. The minimum Gasteiger partial charge on any atom is -0.379 e. The summed E-state index contributed by atoms with van der Waals surface area (Å²) in [6, 6.07) is 0. The maximum atomic E-state index is 4.94. The fourth-order valence-electron chi connectivity index (χ4n) is 0.160. The van der Waals surface area contributed by atoms with Crippen molar-refractivity contribution in [1.29, 1.82) is 0 Å². The summed E-state index contributed by atoms with van der Waals surface area (Å²) in [4.78, 5) is 7.86. The predicted molar refractivity (Wildman–Crippen MR) is 32.8 cm³/mol. The Morgan fingerprint density at radius 2 is 2.50 bits per heavy atom. The minimum atomic E-state index is 0.0762. The first kappa shape index (κ1) is 7.10. The number of nitrogens with two attached hydrogens (primary N) is 1. The first-order chi connectivity index (χ1) is 3.81. The lowest BCUT2D eigenvalue weighted by Gasteiger charge is -1.90. The highest BCUT2D eigenvalue weighted by atomic mass is 16.6. The van der Waals surface area contributed by atoms with Crippen molar-refractivity contribution in [2.45, 2.75) is 6.92 Å². The van der Waals surface area contributed by atoms with Crippen LogP contribution in [0.5, 0.6) is 0 Å². The number of aliphatic imine (C=N–C) groups is 1. The lowest BCUT2D eigenvalue weighted by atomic mass is 10.7. The van der Waals surface area contributed by atoms with Crippen LogP contribution in [0.1, 0.15) is 6.92 Å². The topological polar surface area (TPSA) is 60.0 Å². The van der Waals surface area contributed by atoms with Crippen LogP contribution in [0, 0.1) is 0 Å². The van der Waals surface area contributed by atoms with E-state index in [1.54, 1.807) is 6.92 Å². The number of hydrogen-bond donors (Lipinski definition) is 1. The Balaban J connectivity index is 3.40. The Hall–Kier alpha value is -0.900. The molecule has 0 aliphatic carbocycles. The van der Waals surface area contributed by atoms with E-state index >= 15 is 0 Å². The second-order valence-electron chi connectivity index (χ2n) is 1.09. The van der Waals surface area contributed by atoms with Gasteiger partial charge in [0.1, 0.15) is 0 Å². The van der Waals surface area contributed by atoms with E-state index in [0.717, 1.165) is 0 Å². The summed E-state index contributed by atoms with van der Waals surface area (Å²) in [5, 5.41) is 3.42. The molecule has 0 aromatic rings. The highest BCUT2D eigenvalue weighted by Gasteiger charge is 1.78. The molecule has 0 saturated heterocycles. The summed E-state index contributed by atoms with van der Waals surface area (Å²) < 4.78 is 0. The van der Waals surface area contributed by atoms with E-state index in [4.69, 9.17) is 5.73 Å². The third-order valence-electron chi connectivity index (χ3n) is 0.500. The van der Waals surface area contributed by atoms with E-state index in [0.29, 0.717) is 5.84 Å². The van der Waals surface area contributed by atoms with E-state index in [1.807, 2.05) is 0 Å². The number of rotatable bonds is 2. The molecule has 0 saturated carbocycles. The van der Waals surface area contributed by atoms with Gasteiger partial charge >= 0.3 is 0 Å².